The molecule has 2 fully saturated rings. The van der Waals surface area contributed by atoms with Crippen molar-refractivity contribution in [3.05, 3.63) is 0 Å². The SMILES string of the molecule is O=C(CN1CCCNCC1)NCC1CCC(=O)N1. The van der Waals surface area contributed by atoms with Crippen molar-refractivity contribution in [1.82, 2.24) is 20.9 Å². The fraction of sp³-hybridized carbons (Fsp3) is 0.833. The third-order valence-electron chi connectivity index (χ3n) is 3.43. The van der Waals surface area contributed by atoms with E-state index in [2.05, 4.69) is 20.9 Å². The van der Waals surface area contributed by atoms with E-state index >= 15 is 0 Å². The van der Waals surface area contributed by atoms with Gasteiger partial charge in [0, 0.05) is 32.1 Å². The first kappa shape index (κ1) is 13.3. The summed E-state index contributed by atoms with van der Waals surface area (Å²) in [4.78, 5) is 25.0. The number of nitrogens with zero attached hydrogens (tertiary/aromatic N) is 1. The molecule has 2 aliphatic heterocycles. The molecule has 18 heavy (non-hydrogen) atoms. The molecule has 1 atom stereocenters. The Hall–Kier alpha value is -1.14. The molecule has 6 nitrogen and oxygen atoms in total. The normalized spacial score (nSPS) is 25.6. The molecular formula is C12H22N4O2. The Morgan fingerprint density at radius 3 is 3.06 bits per heavy atom. The van der Waals surface area contributed by atoms with E-state index in [4.69, 9.17) is 0 Å². The zero-order valence-electron chi connectivity index (χ0n) is 10.7. The van der Waals surface area contributed by atoms with Gasteiger partial charge in [-0.3, -0.25) is 14.5 Å². The van der Waals surface area contributed by atoms with Gasteiger partial charge in [-0.1, -0.05) is 0 Å². The average molecular weight is 254 g/mol. The van der Waals surface area contributed by atoms with Gasteiger partial charge < -0.3 is 16.0 Å². The van der Waals surface area contributed by atoms with Gasteiger partial charge in [0.1, 0.15) is 0 Å². The molecule has 0 saturated carbocycles. The van der Waals surface area contributed by atoms with Gasteiger partial charge in [-0.25, -0.2) is 0 Å². The van der Waals surface area contributed by atoms with Crippen molar-refractivity contribution in [3.8, 4) is 0 Å². The predicted octanol–water partition coefficient (Wildman–Crippen LogP) is -1.32. The zero-order valence-corrected chi connectivity index (χ0v) is 10.7. The quantitative estimate of drug-likeness (QED) is 0.581. The fourth-order valence-electron chi connectivity index (χ4n) is 2.39. The van der Waals surface area contributed by atoms with Crippen LogP contribution in [0.3, 0.4) is 0 Å². The van der Waals surface area contributed by atoms with Crippen LogP contribution in [-0.4, -0.2) is 62.0 Å². The van der Waals surface area contributed by atoms with Crippen molar-refractivity contribution >= 4 is 11.8 Å². The van der Waals surface area contributed by atoms with E-state index in [-0.39, 0.29) is 17.9 Å². The van der Waals surface area contributed by atoms with Crippen molar-refractivity contribution in [1.29, 1.82) is 0 Å². The lowest BCUT2D eigenvalue weighted by Gasteiger charge is -2.19. The Morgan fingerprint density at radius 1 is 1.39 bits per heavy atom. The minimum atomic E-state index is 0.0537. The molecule has 2 rings (SSSR count). The van der Waals surface area contributed by atoms with Crippen molar-refractivity contribution < 1.29 is 9.59 Å². The molecule has 0 aromatic carbocycles. The standard InChI is InChI=1S/C12H22N4O2/c17-11-3-2-10(15-11)8-14-12(18)9-16-6-1-4-13-5-7-16/h10,13H,1-9H2,(H,14,18)(H,15,17). The molecule has 0 bridgehead atoms. The number of rotatable bonds is 4. The molecule has 3 N–H and O–H groups in total. The van der Waals surface area contributed by atoms with Gasteiger partial charge in [0.15, 0.2) is 0 Å². The minimum Gasteiger partial charge on any atom is -0.353 e. The lowest BCUT2D eigenvalue weighted by Crippen LogP contribution is -2.43. The monoisotopic (exact) mass is 254 g/mol. The van der Waals surface area contributed by atoms with Gasteiger partial charge in [0.25, 0.3) is 0 Å². The van der Waals surface area contributed by atoms with Crippen LogP contribution in [0, 0.1) is 0 Å². The summed E-state index contributed by atoms with van der Waals surface area (Å²) in [6, 6.07) is 0.118. The van der Waals surface area contributed by atoms with Crippen LogP contribution >= 0.6 is 0 Å². The Bertz CT molecular complexity index is 300. The highest BCUT2D eigenvalue weighted by Gasteiger charge is 2.21. The number of hydrogen-bond acceptors (Lipinski definition) is 4. The van der Waals surface area contributed by atoms with Crippen LogP contribution in [0.5, 0.6) is 0 Å². The number of hydrogen-bond donors (Lipinski definition) is 3. The third kappa shape index (κ3) is 4.27. The molecule has 2 saturated heterocycles. The Labute approximate surface area is 107 Å². The maximum absolute atomic E-state index is 11.8. The molecule has 0 aromatic rings. The number of nitrogens with one attached hydrogen (secondary N) is 3. The van der Waals surface area contributed by atoms with Gasteiger partial charge >= 0.3 is 0 Å². The summed E-state index contributed by atoms with van der Waals surface area (Å²) in [6.45, 7) is 4.89. The van der Waals surface area contributed by atoms with Crippen LogP contribution in [0.15, 0.2) is 0 Å². The second kappa shape index (κ2) is 6.70. The number of carbonyl (C=O) groups is 2. The second-order valence-electron chi connectivity index (χ2n) is 4.99. The third-order valence-corrected chi connectivity index (χ3v) is 3.43. The summed E-state index contributed by atoms with van der Waals surface area (Å²) in [5.74, 6) is 0.144. The molecule has 0 radical (unpaired) electrons. The summed E-state index contributed by atoms with van der Waals surface area (Å²) in [5.41, 5.74) is 0. The molecular weight excluding hydrogens is 232 g/mol. The summed E-state index contributed by atoms with van der Waals surface area (Å²) >= 11 is 0. The molecule has 0 aliphatic carbocycles. The van der Waals surface area contributed by atoms with E-state index in [9.17, 15) is 9.59 Å². The second-order valence-corrected chi connectivity index (χ2v) is 4.99. The Kier molecular flexibility index (Phi) is 4.95. The highest BCUT2D eigenvalue weighted by Crippen LogP contribution is 2.04. The molecule has 2 aliphatic rings. The van der Waals surface area contributed by atoms with Gasteiger partial charge in [-0.05, 0) is 25.9 Å². The zero-order chi connectivity index (χ0) is 12.8. The van der Waals surface area contributed by atoms with Gasteiger partial charge in [0.05, 0.1) is 6.54 Å². The average Bonchev–Trinajstić information content (AvgIpc) is 2.60. The molecule has 2 amide bonds. The van der Waals surface area contributed by atoms with E-state index in [1.807, 2.05) is 0 Å². The van der Waals surface area contributed by atoms with Crippen LogP contribution in [0.1, 0.15) is 19.3 Å². The topological polar surface area (TPSA) is 73.5 Å². The van der Waals surface area contributed by atoms with Crippen LogP contribution < -0.4 is 16.0 Å². The number of amides is 2. The van der Waals surface area contributed by atoms with Crippen molar-refractivity contribution in [3.63, 3.8) is 0 Å². The lowest BCUT2D eigenvalue weighted by molar-refractivity contribution is -0.123. The van der Waals surface area contributed by atoms with Crippen LogP contribution in [0.25, 0.3) is 0 Å². The highest BCUT2D eigenvalue weighted by molar-refractivity contribution is 5.79. The van der Waals surface area contributed by atoms with Crippen LogP contribution in [-0.2, 0) is 9.59 Å². The lowest BCUT2D eigenvalue weighted by atomic mass is 10.2. The fourth-order valence-corrected chi connectivity index (χ4v) is 2.39. The van der Waals surface area contributed by atoms with Gasteiger partial charge in [-0.2, -0.15) is 0 Å². The maximum atomic E-state index is 11.8. The van der Waals surface area contributed by atoms with Crippen LogP contribution in [0.2, 0.25) is 0 Å². The molecule has 0 aromatic heterocycles. The van der Waals surface area contributed by atoms with Crippen molar-refractivity contribution in [2.24, 2.45) is 0 Å². The maximum Gasteiger partial charge on any atom is 0.234 e. The van der Waals surface area contributed by atoms with E-state index in [1.165, 1.54) is 0 Å². The largest absolute Gasteiger partial charge is 0.353 e. The summed E-state index contributed by atoms with van der Waals surface area (Å²) in [7, 11) is 0. The molecule has 102 valence electrons. The van der Waals surface area contributed by atoms with E-state index in [0.717, 1.165) is 39.0 Å². The highest BCUT2D eigenvalue weighted by atomic mass is 16.2. The molecule has 0 spiro atoms. The van der Waals surface area contributed by atoms with Crippen molar-refractivity contribution in [2.45, 2.75) is 25.3 Å². The minimum absolute atomic E-state index is 0.0537. The van der Waals surface area contributed by atoms with Gasteiger partial charge in [0.2, 0.25) is 11.8 Å². The van der Waals surface area contributed by atoms with E-state index in [0.29, 0.717) is 19.5 Å². The summed E-state index contributed by atoms with van der Waals surface area (Å²) < 4.78 is 0. The predicted molar refractivity (Wildman–Crippen MR) is 68.1 cm³/mol. The smallest absolute Gasteiger partial charge is 0.234 e. The first-order valence-corrected chi connectivity index (χ1v) is 6.73. The Balaban J connectivity index is 1.63. The van der Waals surface area contributed by atoms with E-state index < -0.39 is 0 Å². The van der Waals surface area contributed by atoms with Crippen LogP contribution in [0.4, 0.5) is 0 Å². The van der Waals surface area contributed by atoms with E-state index in [1.54, 1.807) is 0 Å². The van der Waals surface area contributed by atoms with Crippen molar-refractivity contribution in [2.75, 3.05) is 39.3 Å². The molecule has 2 heterocycles. The first-order chi connectivity index (χ1) is 8.74. The summed E-state index contributed by atoms with van der Waals surface area (Å²) in [5, 5.41) is 9.05. The summed E-state index contributed by atoms with van der Waals surface area (Å²) in [6.07, 6.45) is 2.50. The van der Waals surface area contributed by atoms with Gasteiger partial charge in [-0.15, -0.1) is 0 Å². The number of carbonyl (C=O) groups excluding carboxylic acids is 2. The molecule has 6 heteroatoms. The molecule has 1 unspecified atom stereocenters. The first-order valence-electron chi connectivity index (χ1n) is 6.73. The Morgan fingerprint density at radius 2 is 2.28 bits per heavy atom.